The summed E-state index contributed by atoms with van der Waals surface area (Å²) in [6, 6.07) is -1.75. The maximum Gasteiger partial charge on any atom is 0.326 e. The van der Waals surface area contributed by atoms with E-state index in [0.29, 0.717) is 19.1 Å². The lowest BCUT2D eigenvalue weighted by Crippen LogP contribution is -2.47. The lowest BCUT2D eigenvalue weighted by molar-refractivity contribution is -0.139. The smallest absolute Gasteiger partial charge is 0.326 e. The van der Waals surface area contributed by atoms with Crippen molar-refractivity contribution in [3.8, 4) is 0 Å². The van der Waals surface area contributed by atoms with E-state index in [2.05, 4.69) is 24.5 Å². The van der Waals surface area contributed by atoms with Gasteiger partial charge in [0.2, 0.25) is 5.91 Å². The van der Waals surface area contributed by atoms with Crippen molar-refractivity contribution in [1.82, 2.24) is 10.6 Å². The number of ether oxygens (including phenoxy) is 1. The molecule has 0 aromatic heterocycles. The van der Waals surface area contributed by atoms with Crippen molar-refractivity contribution in [2.75, 3.05) is 19.8 Å². The van der Waals surface area contributed by atoms with E-state index in [4.69, 9.17) is 15.6 Å². The minimum absolute atomic E-state index is 0.0387. The molecule has 1 atom stereocenters. The normalized spacial score (nSPS) is 12.0. The fourth-order valence-electron chi connectivity index (χ4n) is 1.41. The lowest BCUT2D eigenvalue weighted by atomic mass is 10.1. The van der Waals surface area contributed by atoms with Crippen LogP contribution < -0.4 is 16.4 Å². The summed E-state index contributed by atoms with van der Waals surface area (Å²) < 4.78 is 5.31. The molecule has 0 spiro atoms. The van der Waals surface area contributed by atoms with E-state index >= 15 is 0 Å². The van der Waals surface area contributed by atoms with Crippen molar-refractivity contribution in [2.45, 2.75) is 39.2 Å². The maximum atomic E-state index is 11.5. The number of aliphatic carboxylic acids is 1. The van der Waals surface area contributed by atoms with Gasteiger partial charge in [0.25, 0.3) is 0 Å². The Morgan fingerprint density at radius 3 is 2.38 bits per heavy atom. The minimum Gasteiger partial charge on any atom is -0.480 e. The maximum absolute atomic E-state index is 11.5. The molecule has 0 bridgehead atoms. The van der Waals surface area contributed by atoms with Crippen LogP contribution in [0, 0.1) is 5.92 Å². The Labute approximate surface area is 124 Å². The van der Waals surface area contributed by atoms with Crippen LogP contribution in [-0.4, -0.2) is 48.8 Å². The number of carbonyl (C=O) groups excluding carboxylic acids is 2. The van der Waals surface area contributed by atoms with Crippen molar-refractivity contribution >= 4 is 17.9 Å². The number of rotatable bonds is 11. The monoisotopic (exact) mass is 303 g/mol. The molecular weight excluding hydrogens is 278 g/mol. The third-order valence-corrected chi connectivity index (χ3v) is 2.65. The number of nitrogens with one attached hydrogen (secondary N) is 2. The van der Waals surface area contributed by atoms with Gasteiger partial charge >= 0.3 is 12.0 Å². The highest BCUT2D eigenvalue weighted by Crippen LogP contribution is 1.98. The summed E-state index contributed by atoms with van der Waals surface area (Å²) in [4.78, 5) is 33.0. The largest absolute Gasteiger partial charge is 0.480 e. The highest BCUT2D eigenvalue weighted by Gasteiger charge is 2.20. The summed E-state index contributed by atoms with van der Waals surface area (Å²) in [7, 11) is 0. The van der Waals surface area contributed by atoms with Crippen LogP contribution in [0.5, 0.6) is 0 Å². The van der Waals surface area contributed by atoms with Gasteiger partial charge in [-0.3, -0.25) is 4.79 Å². The molecule has 0 unspecified atom stereocenters. The predicted octanol–water partition coefficient (Wildman–Crippen LogP) is 0.0670. The summed E-state index contributed by atoms with van der Waals surface area (Å²) in [6.07, 6.45) is 0.805. The fraction of sp³-hybridized carbons (Fsp3) is 0.769. The summed E-state index contributed by atoms with van der Waals surface area (Å²) in [5, 5.41) is 13.7. The highest BCUT2D eigenvalue weighted by atomic mass is 16.5. The Morgan fingerprint density at radius 1 is 1.19 bits per heavy atom. The van der Waals surface area contributed by atoms with Gasteiger partial charge in [-0.25, -0.2) is 9.59 Å². The van der Waals surface area contributed by atoms with Crippen molar-refractivity contribution in [3.05, 3.63) is 0 Å². The molecule has 5 N–H and O–H groups in total. The van der Waals surface area contributed by atoms with Gasteiger partial charge < -0.3 is 26.2 Å². The van der Waals surface area contributed by atoms with E-state index in [1.54, 1.807) is 0 Å². The molecule has 0 aromatic carbocycles. The molecular formula is C13H25N3O5. The Bertz CT molecular complexity index is 347. The average molecular weight is 303 g/mol. The zero-order valence-electron chi connectivity index (χ0n) is 12.6. The third kappa shape index (κ3) is 11.7. The molecule has 8 nitrogen and oxygen atoms in total. The van der Waals surface area contributed by atoms with Gasteiger partial charge in [-0.15, -0.1) is 0 Å². The first-order valence-corrected chi connectivity index (χ1v) is 6.96. The van der Waals surface area contributed by atoms with Crippen molar-refractivity contribution in [3.63, 3.8) is 0 Å². The van der Waals surface area contributed by atoms with Gasteiger partial charge in [0, 0.05) is 19.6 Å². The second-order valence-corrected chi connectivity index (χ2v) is 5.09. The first kappa shape index (κ1) is 19.2. The van der Waals surface area contributed by atoms with Gasteiger partial charge in [0.05, 0.1) is 6.61 Å². The number of amides is 3. The van der Waals surface area contributed by atoms with Crippen molar-refractivity contribution in [2.24, 2.45) is 11.7 Å². The molecule has 122 valence electrons. The van der Waals surface area contributed by atoms with Crippen LogP contribution in [0.4, 0.5) is 4.79 Å². The third-order valence-electron chi connectivity index (χ3n) is 2.65. The second-order valence-electron chi connectivity index (χ2n) is 5.09. The van der Waals surface area contributed by atoms with Crippen LogP contribution >= 0.6 is 0 Å². The quantitative estimate of drug-likeness (QED) is 0.401. The van der Waals surface area contributed by atoms with Crippen LogP contribution in [0.1, 0.15) is 33.1 Å². The Morgan fingerprint density at radius 2 is 1.86 bits per heavy atom. The Kier molecular flexibility index (Phi) is 9.95. The van der Waals surface area contributed by atoms with Crippen LogP contribution in [0.3, 0.4) is 0 Å². The summed E-state index contributed by atoms with van der Waals surface area (Å²) in [5.74, 6) is -1.26. The molecule has 0 heterocycles. The number of carboxylic acids is 1. The van der Waals surface area contributed by atoms with Crippen LogP contribution in [0.25, 0.3) is 0 Å². The zero-order chi connectivity index (χ0) is 16.3. The number of hydrogen-bond acceptors (Lipinski definition) is 4. The van der Waals surface area contributed by atoms with Gasteiger partial charge in [0.1, 0.15) is 6.04 Å². The van der Waals surface area contributed by atoms with E-state index in [1.807, 2.05) is 0 Å². The average Bonchev–Trinajstić information content (AvgIpc) is 2.37. The zero-order valence-corrected chi connectivity index (χ0v) is 12.6. The van der Waals surface area contributed by atoms with Gasteiger partial charge in [-0.2, -0.15) is 0 Å². The Hall–Kier alpha value is -1.83. The summed E-state index contributed by atoms with van der Waals surface area (Å²) in [5.41, 5.74) is 4.94. The topological polar surface area (TPSA) is 131 Å². The van der Waals surface area contributed by atoms with Crippen molar-refractivity contribution < 1.29 is 24.2 Å². The number of nitrogens with two attached hydrogens (primary N) is 1. The van der Waals surface area contributed by atoms with Crippen LogP contribution in [0.2, 0.25) is 0 Å². The molecule has 0 rings (SSSR count). The fourth-order valence-corrected chi connectivity index (χ4v) is 1.41. The first-order valence-electron chi connectivity index (χ1n) is 6.96. The van der Waals surface area contributed by atoms with Crippen molar-refractivity contribution in [1.29, 1.82) is 0 Å². The molecule has 0 fully saturated rings. The summed E-state index contributed by atoms with van der Waals surface area (Å²) in [6.45, 7) is 5.45. The molecule has 3 amide bonds. The van der Waals surface area contributed by atoms with Gasteiger partial charge in [-0.1, -0.05) is 13.8 Å². The number of hydrogen-bond donors (Lipinski definition) is 4. The van der Waals surface area contributed by atoms with Gasteiger partial charge in [-0.05, 0) is 18.8 Å². The SMILES string of the molecule is CC(C)CCOCCNC(=O)N[C@@H](CCC(N)=O)C(=O)O. The van der Waals surface area contributed by atoms with Crippen LogP contribution in [-0.2, 0) is 14.3 Å². The standard InChI is InChI=1S/C13H25N3O5/c1-9(2)5-7-21-8-6-15-13(20)16-10(12(18)19)3-4-11(14)17/h9-10H,3-8H2,1-2H3,(H2,14,17)(H,18,19)(H2,15,16,20)/t10-/m0/s1. The molecule has 0 saturated heterocycles. The Balaban J connectivity index is 3.83. The van der Waals surface area contributed by atoms with Gasteiger partial charge in [0.15, 0.2) is 0 Å². The minimum atomic E-state index is -1.21. The molecule has 0 aromatic rings. The van der Waals surface area contributed by atoms with E-state index in [1.165, 1.54) is 0 Å². The number of primary amides is 1. The number of carbonyl (C=O) groups is 3. The molecule has 0 aliphatic heterocycles. The van der Waals surface area contributed by atoms with Crippen LogP contribution in [0.15, 0.2) is 0 Å². The second kappa shape index (κ2) is 10.9. The molecule has 0 aliphatic rings. The van der Waals surface area contributed by atoms with E-state index in [9.17, 15) is 14.4 Å². The lowest BCUT2D eigenvalue weighted by Gasteiger charge is -2.14. The predicted molar refractivity (Wildman–Crippen MR) is 76.7 cm³/mol. The molecule has 8 heteroatoms. The highest BCUT2D eigenvalue weighted by molar-refractivity contribution is 5.83. The van der Waals surface area contributed by atoms with E-state index < -0.39 is 23.9 Å². The van der Waals surface area contributed by atoms with E-state index in [0.717, 1.165) is 6.42 Å². The molecule has 0 radical (unpaired) electrons. The molecule has 0 aliphatic carbocycles. The molecule has 0 saturated carbocycles. The first-order chi connectivity index (χ1) is 9.82. The number of carboxylic acid groups (broad SMARTS) is 1. The summed E-state index contributed by atoms with van der Waals surface area (Å²) >= 11 is 0. The molecule has 21 heavy (non-hydrogen) atoms. The number of urea groups is 1. The van der Waals surface area contributed by atoms with E-state index in [-0.39, 0.29) is 19.4 Å².